The number of rotatable bonds is 2. The van der Waals surface area contributed by atoms with Gasteiger partial charge in [-0.2, -0.15) is 0 Å². The van der Waals surface area contributed by atoms with Crippen LogP contribution < -0.4 is 0 Å². The van der Waals surface area contributed by atoms with Crippen LogP contribution in [0.1, 0.15) is 15.9 Å². The third-order valence-electron chi connectivity index (χ3n) is 1.97. The topological polar surface area (TPSA) is 69.4 Å². The van der Waals surface area contributed by atoms with Crippen molar-refractivity contribution in [2.45, 2.75) is 6.92 Å². The molecule has 0 atom stereocenters. The maximum Gasteiger partial charge on any atom is 0.338 e. The molecule has 0 saturated heterocycles. The van der Waals surface area contributed by atoms with Crippen molar-refractivity contribution in [3.63, 3.8) is 0 Å². The van der Waals surface area contributed by atoms with Gasteiger partial charge >= 0.3 is 5.97 Å². The summed E-state index contributed by atoms with van der Waals surface area (Å²) in [6.45, 7) is 1.45. The first-order valence-corrected chi connectivity index (χ1v) is 4.38. The van der Waals surface area contributed by atoms with Gasteiger partial charge in [0.2, 0.25) is 0 Å². The number of methoxy groups -OCH3 is 1. The van der Waals surface area contributed by atoms with Crippen LogP contribution in [0.4, 0.5) is 5.69 Å². The molecule has 0 radical (unpaired) electrons. The van der Waals surface area contributed by atoms with Crippen molar-refractivity contribution < 1.29 is 14.5 Å². The maximum atomic E-state index is 11.2. The summed E-state index contributed by atoms with van der Waals surface area (Å²) in [5.74, 6) is -0.618. The van der Waals surface area contributed by atoms with Gasteiger partial charge in [-0.3, -0.25) is 10.1 Å². The molecule has 0 unspecified atom stereocenters. The number of carbonyl (C=O) groups is 1. The molecule has 1 aromatic rings. The van der Waals surface area contributed by atoms with Crippen LogP contribution in [0.15, 0.2) is 12.1 Å². The van der Waals surface area contributed by atoms with Gasteiger partial charge in [-0.1, -0.05) is 11.6 Å². The molecule has 5 nitrogen and oxygen atoms in total. The highest BCUT2D eigenvalue weighted by Gasteiger charge is 2.22. The zero-order chi connectivity index (χ0) is 11.6. The Morgan fingerprint density at radius 3 is 2.60 bits per heavy atom. The summed E-state index contributed by atoms with van der Waals surface area (Å²) in [6.07, 6.45) is 0. The molecule has 0 N–H and O–H groups in total. The number of ether oxygens (including phenoxy) is 1. The summed E-state index contributed by atoms with van der Waals surface area (Å²) in [5, 5.41) is 10.7. The minimum Gasteiger partial charge on any atom is -0.465 e. The van der Waals surface area contributed by atoms with E-state index in [-0.39, 0.29) is 21.8 Å². The molecule has 1 aromatic carbocycles. The van der Waals surface area contributed by atoms with E-state index < -0.39 is 10.9 Å². The van der Waals surface area contributed by atoms with E-state index in [1.54, 1.807) is 0 Å². The minimum atomic E-state index is -0.621. The average Bonchev–Trinajstić information content (AvgIpc) is 2.16. The SMILES string of the molecule is COC(=O)c1ccc(Cl)c([N+](=O)[O-])c1C. The van der Waals surface area contributed by atoms with E-state index in [0.29, 0.717) is 0 Å². The number of nitro groups is 1. The standard InChI is InChI=1S/C9H8ClNO4/c1-5-6(9(12)15-2)3-4-7(10)8(5)11(13)14/h3-4H,1-2H3. The summed E-state index contributed by atoms with van der Waals surface area (Å²) >= 11 is 5.65. The molecule has 0 spiro atoms. The first-order chi connectivity index (χ1) is 6.99. The highest BCUT2D eigenvalue weighted by molar-refractivity contribution is 6.33. The van der Waals surface area contributed by atoms with E-state index in [0.717, 1.165) is 0 Å². The Hall–Kier alpha value is -1.62. The Morgan fingerprint density at radius 1 is 1.53 bits per heavy atom. The van der Waals surface area contributed by atoms with Gasteiger partial charge in [-0.05, 0) is 19.1 Å². The molecule has 0 aliphatic carbocycles. The van der Waals surface area contributed by atoms with E-state index in [2.05, 4.69) is 4.74 Å². The lowest BCUT2D eigenvalue weighted by atomic mass is 10.1. The number of nitrogens with zero attached hydrogens (tertiary/aromatic N) is 1. The fourth-order valence-electron chi connectivity index (χ4n) is 1.22. The van der Waals surface area contributed by atoms with Crippen molar-refractivity contribution >= 4 is 23.3 Å². The molecule has 0 amide bonds. The van der Waals surface area contributed by atoms with Crippen LogP contribution in [-0.2, 0) is 4.74 Å². The third kappa shape index (κ3) is 2.07. The highest BCUT2D eigenvalue weighted by atomic mass is 35.5. The summed E-state index contributed by atoms with van der Waals surface area (Å²) in [6, 6.07) is 2.70. The Balaban J connectivity index is 3.41. The monoisotopic (exact) mass is 229 g/mol. The molecule has 1 rings (SSSR count). The van der Waals surface area contributed by atoms with Crippen molar-refractivity contribution in [3.05, 3.63) is 38.4 Å². The molecule has 0 fully saturated rings. The number of halogens is 1. The van der Waals surface area contributed by atoms with Gasteiger partial charge in [-0.25, -0.2) is 4.79 Å². The number of hydrogen-bond donors (Lipinski definition) is 0. The predicted molar refractivity (Wildman–Crippen MR) is 54.2 cm³/mol. The molecule has 15 heavy (non-hydrogen) atoms. The fraction of sp³-hybridized carbons (Fsp3) is 0.222. The minimum absolute atomic E-state index is 0.00477. The molecule has 80 valence electrons. The smallest absolute Gasteiger partial charge is 0.338 e. The second-order valence-corrected chi connectivity index (χ2v) is 3.22. The lowest BCUT2D eigenvalue weighted by Gasteiger charge is -2.05. The molecular formula is C9H8ClNO4. The Labute approximate surface area is 90.8 Å². The summed E-state index contributed by atoms with van der Waals surface area (Å²) in [4.78, 5) is 21.3. The van der Waals surface area contributed by atoms with Crippen molar-refractivity contribution in [1.29, 1.82) is 0 Å². The first kappa shape index (κ1) is 11.5. The zero-order valence-corrected chi connectivity index (χ0v) is 8.87. The normalized spacial score (nSPS) is 9.80. The second kappa shape index (κ2) is 4.27. The highest BCUT2D eigenvalue weighted by Crippen LogP contribution is 2.30. The largest absolute Gasteiger partial charge is 0.465 e. The van der Waals surface area contributed by atoms with Gasteiger partial charge < -0.3 is 4.74 Å². The van der Waals surface area contributed by atoms with Gasteiger partial charge in [0.15, 0.2) is 0 Å². The van der Waals surface area contributed by atoms with Crippen molar-refractivity contribution in [1.82, 2.24) is 0 Å². The first-order valence-electron chi connectivity index (χ1n) is 4.00. The summed E-state index contributed by atoms with van der Waals surface area (Å²) in [7, 11) is 1.21. The maximum absolute atomic E-state index is 11.2. The van der Waals surface area contributed by atoms with Crippen LogP contribution in [0.25, 0.3) is 0 Å². The third-order valence-corrected chi connectivity index (χ3v) is 2.27. The van der Waals surface area contributed by atoms with Gasteiger partial charge in [0.25, 0.3) is 5.69 Å². The van der Waals surface area contributed by atoms with Crippen LogP contribution in [0.5, 0.6) is 0 Å². The molecule has 0 saturated carbocycles. The van der Waals surface area contributed by atoms with Crippen molar-refractivity contribution in [2.24, 2.45) is 0 Å². The summed E-state index contributed by atoms with van der Waals surface area (Å²) < 4.78 is 4.49. The molecular weight excluding hydrogens is 222 g/mol. The molecule has 6 heteroatoms. The van der Waals surface area contributed by atoms with Crippen molar-refractivity contribution in [3.8, 4) is 0 Å². The molecule has 0 aromatic heterocycles. The number of carbonyl (C=O) groups excluding carboxylic acids is 1. The van der Waals surface area contributed by atoms with Crippen LogP contribution in [-0.4, -0.2) is 18.0 Å². The number of esters is 1. The summed E-state index contributed by atoms with van der Waals surface area (Å²) in [5.41, 5.74) is 0.0903. The fourth-order valence-corrected chi connectivity index (χ4v) is 1.50. The van der Waals surface area contributed by atoms with E-state index in [1.165, 1.54) is 26.2 Å². The predicted octanol–water partition coefficient (Wildman–Crippen LogP) is 2.34. The number of hydrogen-bond acceptors (Lipinski definition) is 4. The van der Waals surface area contributed by atoms with Gasteiger partial charge in [0.05, 0.1) is 17.6 Å². The van der Waals surface area contributed by atoms with E-state index in [1.807, 2.05) is 0 Å². The molecule has 0 bridgehead atoms. The lowest BCUT2D eigenvalue weighted by Crippen LogP contribution is -2.06. The van der Waals surface area contributed by atoms with E-state index >= 15 is 0 Å². The van der Waals surface area contributed by atoms with Gasteiger partial charge in [0, 0.05) is 5.56 Å². The van der Waals surface area contributed by atoms with E-state index in [9.17, 15) is 14.9 Å². The quantitative estimate of drug-likeness (QED) is 0.443. The van der Waals surface area contributed by atoms with Crippen LogP contribution >= 0.6 is 11.6 Å². The van der Waals surface area contributed by atoms with Crippen molar-refractivity contribution in [2.75, 3.05) is 7.11 Å². The van der Waals surface area contributed by atoms with Crippen LogP contribution in [0.3, 0.4) is 0 Å². The average molecular weight is 230 g/mol. The Bertz CT molecular complexity index is 430. The Morgan fingerprint density at radius 2 is 2.13 bits per heavy atom. The molecule has 0 heterocycles. The van der Waals surface area contributed by atoms with Gasteiger partial charge in [-0.15, -0.1) is 0 Å². The van der Waals surface area contributed by atoms with E-state index in [4.69, 9.17) is 11.6 Å². The Kier molecular flexibility index (Phi) is 3.26. The lowest BCUT2D eigenvalue weighted by molar-refractivity contribution is -0.385. The van der Waals surface area contributed by atoms with Crippen LogP contribution in [0, 0.1) is 17.0 Å². The van der Waals surface area contributed by atoms with Crippen LogP contribution in [0.2, 0.25) is 5.02 Å². The molecule has 0 aliphatic heterocycles. The molecule has 0 aliphatic rings. The number of benzene rings is 1. The second-order valence-electron chi connectivity index (χ2n) is 2.82. The van der Waals surface area contributed by atoms with Gasteiger partial charge in [0.1, 0.15) is 5.02 Å². The zero-order valence-electron chi connectivity index (χ0n) is 8.11. The number of nitro benzene ring substituents is 1.